The molecule has 0 saturated heterocycles. The highest BCUT2D eigenvalue weighted by molar-refractivity contribution is 7.80. The molecular formula is C32H37O2P. The Kier molecular flexibility index (Phi) is 6.49. The van der Waals surface area contributed by atoms with Crippen molar-refractivity contribution in [2.75, 3.05) is 0 Å². The minimum absolute atomic E-state index is 0.212. The molecule has 182 valence electrons. The summed E-state index contributed by atoms with van der Waals surface area (Å²) in [5, 5.41) is 28.7. The normalized spacial score (nSPS) is 12.5. The molecule has 3 heteroatoms. The van der Waals surface area contributed by atoms with Crippen molar-refractivity contribution >= 4 is 34.6 Å². The fraction of sp³-hybridized carbons (Fsp3) is 0.312. The standard InChI is InChI=1S/C32H37O2P/c1-20-16-24(31(3,4)5)29(33)27(18-20)35(26-15-11-13-22-12-9-10-14-23(22)26)28-19-21(2)17-25(30(28)34)32(6,7)8/h9-19,33-34H,1-8H3. The lowest BCUT2D eigenvalue weighted by molar-refractivity contribution is 0.450. The molecule has 35 heavy (non-hydrogen) atoms. The summed E-state index contributed by atoms with van der Waals surface area (Å²) in [4.78, 5) is 0. The van der Waals surface area contributed by atoms with Crippen LogP contribution in [0.1, 0.15) is 63.8 Å². The van der Waals surface area contributed by atoms with E-state index >= 15 is 0 Å². The molecule has 2 nitrogen and oxygen atoms in total. The molecule has 0 aliphatic heterocycles. The molecule has 0 spiro atoms. The molecule has 4 aromatic carbocycles. The first kappa shape index (κ1) is 25.3. The summed E-state index contributed by atoms with van der Waals surface area (Å²) in [6.45, 7) is 17.0. The quantitative estimate of drug-likeness (QED) is 0.301. The van der Waals surface area contributed by atoms with Gasteiger partial charge in [0.05, 0.1) is 0 Å². The second-order valence-electron chi connectivity index (χ2n) is 11.7. The lowest BCUT2D eigenvalue weighted by Crippen LogP contribution is -2.26. The average Bonchev–Trinajstić information content (AvgIpc) is 2.76. The first-order chi connectivity index (χ1) is 16.3. The molecule has 0 atom stereocenters. The Bertz CT molecular complexity index is 1330. The summed E-state index contributed by atoms with van der Waals surface area (Å²) < 4.78 is 0. The van der Waals surface area contributed by atoms with Gasteiger partial charge in [0, 0.05) is 21.7 Å². The number of fused-ring (bicyclic) bond motifs is 1. The predicted octanol–water partition coefficient (Wildman–Crippen LogP) is 7.22. The van der Waals surface area contributed by atoms with Crippen LogP contribution >= 0.6 is 7.92 Å². The highest BCUT2D eigenvalue weighted by Gasteiger charge is 2.31. The third-order valence-corrected chi connectivity index (χ3v) is 9.09. The van der Waals surface area contributed by atoms with Crippen molar-refractivity contribution in [2.24, 2.45) is 0 Å². The molecule has 0 unspecified atom stereocenters. The zero-order chi connectivity index (χ0) is 25.7. The summed E-state index contributed by atoms with van der Waals surface area (Å²) in [5.74, 6) is 0.667. The number of phenolic OH excluding ortho intramolecular Hbond substituents is 2. The van der Waals surface area contributed by atoms with Gasteiger partial charge in [-0.3, -0.25) is 0 Å². The monoisotopic (exact) mass is 484 g/mol. The topological polar surface area (TPSA) is 40.5 Å². The van der Waals surface area contributed by atoms with Crippen LogP contribution in [0, 0.1) is 13.8 Å². The third-order valence-electron chi connectivity index (χ3n) is 6.57. The molecule has 0 bridgehead atoms. The van der Waals surface area contributed by atoms with E-state index in [-0.39, 0.29) is 10.8 Å². The molecule has 0 amide bonds. The van der Waals surface area contributed by atoms with Crippen LogP contribution in [-0.4, -0.2) is 10.2 Å². The maximum atomic E-state index is 11.7. The Morgan fingerprint density at radius 1 is 0.571 bits per heavy atom. The van der Waals surface area contributed by atoms with Crippen LogP contribution in [0.5, 0.6) is 11.5 Å². The molecule has 0 fully saturated rings. The fourth-order valence-corrected chi connectivity index (χ4v) is 7.58. The van der Waals surface area contributed by atoms with E-state index in [9.17, 15) is 10.2 Å². The molecule has 2 N–H and O–H groups in total. The Morgan fingerprint density at radius 2 is 1.03 bits per heavy atom. The van der Waals surface area contributed by atoms with Gasteiger partial charge in [0.25, 0.3) is 0 Å². The minimum Gasteiger partial charge on any atom is -0.507 e. The Hall–Kier alpha value is -2.83. The molecule has 0 saturated carbocycles. The van der Waals surface area contributed by atoms with Gasteiger partial charge in [0.1, 0.15) is 11.5 Å². The number of benzene rings is 4. The molecule has 4 aromatic rings. The minimum atomic E-state index is -1.25. The maximum absolute atomic E-state index is 11.7. The first-order valence-electron chi connectivity index (χ1n) is 12.2. The van der Waals surface area contributed by atoms with Crippen LogP contribution in [-0.2, 0) is 10.8 Å². The zero-order valence-corrected chi connectivity index (χ0v) is 23.1. The van der Waals surface area contributed by atoms with Crippen molar-refractivity contribution in [3.8, 4) is 11.5 Å². The van der Waals surface area contributed by atoms with Gasteiger partial charge in [0.15, 0.2) is 0 Å². The third kappa shape index (κ3) is 4.82. The molecule has 0 aromatic heterocycles. The highest BCUT2D eigenvalue weighted by Crippen LogP contribution is 2.46. The Labute approximate surface area is 211 Å². The van der Waals surface area contributed by atoms with Gasteiger partial charge in [-0.25, -0.2) is 0 Å². The van der Waals surface area contributed by atoms with E-state index in [2.05, 4.69) is 122 Å². The molecular weight excluding hydrogens is 447 g/mol. The van der Waals surface area contributed by atoms with Crippen molar-refractivity contribution in [1.82, 2.24) is 0 Å². The van der Waals surface area contributed by atoms with E-state index in [1.165, 1.54) is 0 Å². The first-order valence-corrected chi connectivity index (χ1v) is 13.6. The van der Waals surface area contributed by atoms with Crippen LogP contribution in [0.4, 0.5) is 0 Å². The molecule has 4 rings (SSSR count). The van der Waals surface area contributed by atoms with Crippen molar-refractivity contribution < 1.29 is 10.2 Å². The van der Waals surface area contributed by atoms with Gasteiger partial charge in [-0.2, -0.15) is 0 Å². The van der Waals surface area contributed by atoms with Gasteiger partial charge >= 0.3 is 0 Å². The summed E-state index contributed by atoms with van der Waals surface area (Å²) in [6, 6.07) is 23.2. The van der Waals surface area contributed by atoms with Crippen LogP contribution in [0.25, 0.3) is 10.8 Å². The number of phenols is 2. The SMILES string of the molecule is Cc1cc(P(c2cc(C)cc(C(C)(C)C)c2O)c2cccc3ccccc23)c(O)c(C(C)(C)C)c1. The van der Waals surface area contributed by atoms with Crippen molar-refractivity contribution in [2.45, 2.75) is 66.2 Å². The zero-order valence-electron chi connectivity index (χ0n) is 22.2. The predicted molar refractivity (Wildman–Crippen MR) is 153 cm³/mol. The van der Waals surface area contributed by atoms with E-state index in [0.29, 0.717) is 11.5 Å². The van der Waals surface area contributed by atoms with Crippen molar-refractivity contribution in [3.05, 3.63) is 89.0 Å². The van der Waals surface area contributed by atoms with E-state index in [1.807, 2.05) is 0 Å². The van der Waals surface area contributed by atoms with Crippen molar-refractivity contribution in [3.63, 3.8) is 0 Å². The average molecular weight is 485 g/mol. The summed E-state index contributed by atoms with van der Waals surface area (Å²) >= 11 is 0. The van der Waals surface area contributed by atoms with E-state index in [4.69, 9.17) is 0 Å². The van der Waals surface area contributed by atoms with Gasteiger partial charge in [0.2, 0.25) is 0 Å². The van der Waals surface area contributed by atoms with Gasteiger partial charge in [-0.15, -0.1) is 0 Å². The number of aromatic hydroxyl groups is 2. The lowest BCUT2D eigenvalue weighted by atomic mass is 9.85. The van der Waals surface area contributed by atoms with Crippen LogP contribution in [0.15, 0.2) is 66.7 Å². The van der Waals surface area contributed by atoms with Gasteiger partial charge < -0.3 is 10.2 Å². The summed E-state index contributed by atoms with van der Waals surface area (Å²) in [6.07, 6.45) is 0. The summed E-state index contributed by atoms with van der Waals surface area (Å²) in [7, 11) is -1.25. The molecule has 0 heterocycles. The maximum Gasteiger partial charge on any atom is 0.127 e. The second-order valence-corrected chi connectivity index (χ2v) is 13.8. The van der Waals surface area contributed by atoms with Crippen LogP contribution < -0.4 is 15.9 Å². The highest BCUT2D eigenvalue weighted by atomic mass is 31.1. The largest absolute Gasteiger partial charge is 0.507 e. The van der Waals surface area contributed by atoms with E-state index in [0.717, 1.165) is 48.9 Å². The van der Waals surface area contributed by atoms with E-state index in [1.54, 1.807) is 0 Å². The number of aryl methyl sites for hydroxylation is 2. The number of rotatable bonds is 3. The smallest absolute Gasteiger partial charge is 0.127 e. The lowest BCUT2D eigenvalue weighted by Gasteiger charge is -2.30. The molecule has 0 radical (unpaired) electrons. The molecule has 0 aliphatic carbocycles. The fourth-order valence-electron chi connectivity index (χ4n) is 4.80. The van der Waals surface area contributed by atoms with E-state index < -0.39 is 7.92 Å². The Morgan fingerprint density at radius 3 is 1.51 bits per heavy atom. The van der Waals surface area contributed by atoms with Crippen LogP contribution in [0.2, 0.25) is 0 Å². The van der Waals surface area contributed by atoms with Crippen molar-refractivity contribution in [1.29, 1.82) is 0 Å². The Balaban J connectivity index is 2.15. The number of hydrogen-bond donors (Lipinski definition) is 2. The second kappa shape index (κ2) is 8.99. The van der Waals surface area contributed by atoms with Gasteiger partial charge in [-0.05, 0) is 71.9 Å². The summed E-state index contributed by atoms with van der Waals surface area (Å²) in [5.41, 5.74) is 3.66. The molecule has 0 aliphatic rings. The van der Waals surface area contributed by atoms with Crippen LogP contribution in [0.3, 0.4) is 0 Å². The number of hydrogen-bond acceptors (Lipinski definition) is 2. The van der Waals surface area contributed by atoms with Gasteiger partial charge in [-0.1, -0.05) is 96.1 Å².